The Morgan fingerprint density at radius 3 is 2.78 bits per heavy atom. The number of hydrogen-bond donors (Lipinski definition) is 2. The quantitative estimate of drug-likeness (QED) is 0.284. The number of nitrogens with one attached hydrogen (secondary N) is 2. The fourth-order valence-electron chi connectivity index (χ4n) is 2.30. The van der Waals surface area contributed by atoms with Crippen LogP contribution in [0.15, 0.2) is 11.1 Å². The number of aryl methyl sites for hydroxylation is 2. The van der Waals surface area contributed by atoms with Gasteiger partial charge in [-0.3, -0.25) is 9.67 Å². The summed E-state index contributed by atoms with van der Waals surface area (Å²) in [7, 11) is 1.71. The van der Waals surface area contributed by atoms with Crippen LogP contribution in [0.25, 0.3) is 0 Å². The summed E-state index contributed by atoms with van der Waals surface area (Å²) < 4.78 is 7.15. The molecule has 132 valence electrons. The molecule has 1 saturated carbocycles. The summed E-state index contributed by atoms with van der Waals surface area (Å²) in [5.41, 5.74) is 2.29. The molecule has 1 fully saturated rings. The monoisotopic (exact) mass is 435 g/mol. The van der Waals surface area contributed by atoms with E-state index < -0.39 is 0 Å². The maximum atomic E-state index is 5.08. The highest BCUT2D eigenvalue weighted by molar-refractivity contribution is 14.0. The zero-order chi connectivity index (χ0) is 15.9. The number of guanidine groups is 1. The van der Waals surface area contributed by atoms with Crippen LogP contribution in [0.1, 0.15) is 31.2 Å². The van der Waals surface area contributed by atoms with Gasteiger partial charge in [0.05, 0.1) is 12.3 Å². The van der Waals surface area contributed by atoms with Gasteiger partial charge < -0.3 is 15.4 Å². The number of methoxy groups -OCH3 is 1. The number of halogens is 1. The van der Waals surface area contributed by atoms with Crippen LogP contribution in [0.4, 0.5) is 0 Å². The van der Waals surface area contributed by atoms with E-state index in [2.05, 4.69) is 40.3 Å². The molecule has 0 bridgehead atoms. The molecule has 1 heterocycles. The van der Waals surface area contributed by atoms with Crippen molar-refractivity contribution in [2.75, 3.05) is 26.8 Å². The van der Waals surface area contributed by atoms with Gasteiger partial charge in [0.15, 0.2) is 5.96 Å². The van der Waals surface area contributed by atoms with E-state index in [1.54, 1.807) is 7.11 Å². The Kier molecular flexibility index (Phi) is 8.90. The van der Waals surface area contributed by atoms with Crippen molar-refractivity contribution in [2.24, 2.45) is 10.9 Å². The Morgan fingerprint density at radius 2 is 2.22 bits per heavy atom. The van der Waals surface area contributed by atoms with Crippen LogP contribution in [0.2, 0.25) is 0 Å². The fourth-order valence-corrected chi connectivity index (χ4v) is 2.30. The molecule has 1 unspecified atom stereocenters. The summed E-state index contributed by atoms with van der Waals surface area (Å²) in [5, 5.41) is 11.3. The van der Waals surface area contributed by atoms with Crippen LogP contribution in [0.5, 0.6) is 0 Å². The van der Waals surface area contributed by atoms with Gasteiger partial charge in [-0.1, -0.05) is 6.92 Å². The summed E-state index contributed by atoms with van der Waals surface area (Å²) >= 11 is 0. The predicted octanol–water partition coefficient (Wildman–Crippen LogP) is 2.10. The average molecular weight is 435 g/mol. The lowest BCUT2D eigenvalue weighted by atomic mass is 10.2. The SMILES string of the molecule is COCCNC(=NCC(C)Cn1nc(C)cc1C)NC1CC1.I. The summed E-state index contributed by atoms with van der Waals surface area (Å²) in [5.74, 6) is 1.35. The second-order valence-electron chi connectivity index (χ2n) is 6.24. The Hall–Kier alpha value is -0.830. The van der Waals surface area contributed by atoms with Gasteiger partial charge in [0, 0.05) is 38.5 Å². The first-order chi connectivity index (χ1) is 10.6. The summed E-state index contributed by atoms with van der Waals surface area (Å²) in [4.78, 5) is 4.71. The van der Waals surface area contributed by atoms with Crippen molar-refractivity contribution in [3.63, 3.8) is 0 Å². The molecule has 2 rings (SSSR count). The molecule has 6 nitrogen and oxygen atoms in total. The van der Waals surface area contributed by atoms with Crippen molar-refractivity contribution in [3.05, 3.63) is 17.5 Å². The number of ether oxygens (including phenoxy) is 1. The van der Waals surface area contributed by atoms with Crippen molar-refractivity contribution in [2.45, 2.75) is 46.2 Å². The number of hydrogen-bond acceptors (Lipinski definition) is 3. The molecule has 0 aliphatic heterocycles. The first-order valence-corrected chi connectivity index (χ1v) is 8.13. The lowest BCUT2D eigenvalue weighted by Gasteiger charge is -2.14. The van der Waals surface area contributed by atoms with Crippen molar-refractivity contribution < 1.29 is 4.74 Å². The van der Waals surface area contributed by atoms with E-state index in [4.69, 9.17) is 9.73 Å². The zero-order valence-corrected chi connectivity index (χ0v) is 17.0. The van der Waals surface area contributed by atoms with Gasteiger partial charge >= 0.3 is 0 Å². The van der Waals surface area contributed by atoms with E-state index in [1.807, 2.05) is 6.92 Å². The summed E-state index contributed by atoms with van der Waals surface area (Å²) in [6.07, 6.45) is 2.48. The molecule has 2 N–H and O–H groups in total. The number of rotatable bonds is 8. The Labute approximate surface area is 156 Å². The largest absolute Gasteiger partial charge is 0.383 e. The third kappa shape index (κ3) is 7.52. The van der Waals surface area contributed by atoms with Gasteiger partial charge in [-0.25, -0.2) is 0 Å². The molecule has 0 saturated heterocycles. The maximum Gasteiger partial charge on any atom is 0.191 e. The molecule has 1 aromatic heterocycles. The standard InChI is InChI=1S/C16H29N5O.HI/c1-12(11-21-14(3)9-13(2)20-21)10-18-16(17-7-8-22-4)19-15-5-6-15;/h9,12,15H,5-8,10-11H2,1-4H3,(H2,17,18,19);1H. The van der Waals surface area contributed by atoms with Gasteiger partial charge in [0.25, 0.3) is 0 Å². The molecule has 0 aromatic carbocycles. The van der Waals surface area contributed by atoms with Crippen LogP contribution >= 0.6 is 24.0 Å². The van der Waals surface area contributed by atoms with Crippen LogP contribution in [0.3, 0.4) is 0 Å². The Balaban J connectivity index is 0.00000264. The maximum absolute atomic E-state index is 5.08. The van der Waals surface area contributed by atoms with Crippen molar-refractivity contribution in [1.82, 2.24) is 20.4 Å². The third-order valence-corrected chi connectivity index (χ3v) is 3.67. The van der Waals surface area contributed by atoms with Gasteiger partial charge in [0.1, 0.15) is 0 Å². The molecule has 0 spiro atoms. The number of aromatic nitrogens is 2. The number of nitrogens with zero attached hydrogens (tertiary/aromatic N) is 3. The normalized spacial score (nSPS) is 15.9. The summed E-state index contributed by atoms with van der Waals surface area (Å²) in [6, 6.07) is 2.71. The smallest absolute Gasteiger partial charge is 0.191 e. The summed E-state index contributed by atoms with van der Waals surface area (Å²) in [6.45, 7) is 9.49. The van der Waals surface area contributed by atoms with Gasteiger partial charge in [-0.15, -0.1) is 24.0 Å². The minimum Gasteiger partial charge on any atom is -0.383 e. The highest BCUT2D eigenvalue weighted by Crippen LogP contribution is 2.18. The van der Waals surface area contributed by atoms with E-state index in [9.17, 15) is 0 Å². The van der Waals surface area contributed by atoms with Crippen LogP contribution in [-0.4, -0.2) is 48.6 Å². The average Bonchev–Trinajstić information content (AvgIpc) is 3.22. The molecule has 0 amide bonds. The third-order valence-electron chi connectivity index (χ3n) is 3.67. The second-order valence-corrected chi connectivity index (χ2v) is 6.24. The molecular weight excluding hydrogens is 405 g/mol. The van der Waals surface area contributed by atoms with Crippen LogP contribution in [-0.2, 0) is 11.3 Å². The molecule has 1 aliphatic rings. The van der Waals surface area contributed by atoms with Crippen LogP contribution in [0, 0.1) is 19.8 Å². The van der Waals surface area contributed by atoms with Gasteiger partial charge in [-0.05, 0) is 38.7 Å². The molecule has 0 radical (unpaired) electrons. The van der Waals surface area contributed by atoms with E-state index in [-0.39, 0.29) is 24.0 Å². The topological polar surface area (TPSA) is 63.5 Å². The second kappa shape index (κ2) is 10.1. The van der Waals surface area contributed by atoms with Crippen molar-refractivity contribution >= 4 is 29.9 Å². The predicted molar refractivity (Wildman–Crippen MR) is 105 cm³/mol. The van der Waals surface area contributed by atoms with Gasteiger partial charge in [-0.2, -0.15) is 5.10 Å². The lowest BCUT2D eigenvalue weighted by Crippen LogP contribution is -2.40. The van der Waals surface area contributed by atoms with Crippen molar-refractivity contribution in [3.8, 4) is 0 Å². The molecule has 1 atom stereocenters. The van der Waals surface area contributed by atoms with Crippen LogP contribution < -0.4 is 10.6 Å². The van der Waals surface area contributed by atoms with E-state index in [0.29, 0.717) is 18.6 Å². The van der Waals surface area contributed by atoms with E-state index >= 15 is 0 Å². The molecule has 1 aromatic rings. The van der Waals surface area contributed by atoms with Crippen molar-refractivity contribution in [1.29, 1.82) is 0 Å². The minimum absolute atomic E-state index is 0. The molecule has 23 heavy (non-hydrogen) atoms. The Morgan fingerprint density at radius 1 is 1.48 bits per heavy atom. The lowest BCUT2D eigenvalue weighted by molar-refractivity contribution is 0.203. The minimum atomic E-state index is 0. The molecule has 1 aliphatic carbocycles. The first kappa shape index (κ1) is 20.2. The van der Waals surface area contributed by atoms with E-state index in [1.165, 1.54) is 18.5 Å². The zero-order valence-electron chi connectivity index (χ0n) is 14.6. The van der Waals surface area contributed by atoms with Gasteiger partial charge in [0.2, 0.25) is 0 Å². The highest BCUT2D eigenvalue weighted by Gasteiger charge is 2.22. The fraction of sp³-hybridized carbons (Fsp3) is 0.750. The van der Waals surface area contributed by atoms with E-state index in [0.717, 1.165) is 31.3 Å². The highest BCUT2D eigenvalue weighted by atomic mass is 127. The Bertz CT molecular complexity index is 499. The molecular formula is C16H30IN5O. The molecule has 7 heteroatoms. The first-order valence-electron chi connectivity index (χ1n) is 8.13. The number of aliphatic imine (C=N–C) groups is 1.